The van der Waals surface area contributed by atoms with Gasteiger partial charge in [-0.05, 0) is 35.4 Å². The standard InChI is InChI=1S/C27H26ClN3O3S/c1-27(2,3)23-15-21(31(30-23)16-17-8-6-5-7-9-17)25(32)29-20-14-22(35-24(20)26(33)34-4)18-10-12-19(28)13-11-18/h5-15H,16H2,1-4H3,(H,29,32). The van der Waals surface area contributed by atoms with Gasteiger partial charge in [-0.25, -0.2) is 4.79 Å². The van der Waals surface area contributed by atoms with Gasteiger partial charge in [0.1, 0.15) is 10.6 Å². The molecule has 0 unspecified atom stereocenters. The zero-order valence-electron chi connectivity index (χ0n) is 20.0. The van der Waals surface area contributed by atoms with Crippen LogP contribution in [-0.2, 0) is 16.7 Å². The van der Waals surface area contributed by atoms with Crippen molar-refractivity contribution >= 4 is 40.5 Å². The van der Waals surface area contributed by atoms with Crippen molar-refractivity contribution < 1.29 is 14.3 Å². The number of nitrogens with one attached hydrogen (secondary N) is 1. The molecule has 0 aliphatic rings. The van der Waals surface area contributed by atoms with E-state index in [1.54, 1.807) is 22.9 Å². The summed E-state index contributed by atoms with van der Waals surface area (Å²) in [5, 5.41) is 8.27. The first kappa shape index (κ1) is 24.7. The smallest absolute Gasteiger partial charge is 0.350 e. The first-order valence-corrected chi connectivity index (χ1v) is 12.3. The largest absolute Gasteiger partial charge is 0.465 e. The number of methoxy groups -OCH3 is 1. The number of esters is 1. The SMILES string of the molecule is COC(=O)c1sc(-c2ccc(Cl)cc2)cc1NC(=O)c1cc(C(C)(C)C)nn1Cc1ccccc1. The van der Waals surface area contributed by atoms with Gasteiger partial charge in [0.25, 0.3) is 5.91 Å². The zero-order valence-corrected chi connectivity index (χ0v) is 21.5. The van der Waals surface area contributed by atoms with Crippen molar-refractivity contribution in [3.05, 3.63) is 93.6 Å². The number of nitrogens with zero attached hydrogens (tertiary/aromatic N) is 2. The Morgan fingerprint density at radius 1 is 1.06 bits per heavy atom. The van der Waals surface area contributed by atoms with E-state index in [1.807, 2.05) is 48.5 Å². The third-order valence-electron chi connectivity index (χ3n) is 5.44. The molecule has 8 heteroatoms. The monoisotopic (exact) mass is 507 g/mol. The van der Waals surface area contributed by atoms with Crippen molar-refractivity contribution in [3.63, 3.8) is 0 Å². The molecular formula is C27H26ClN3O3S. The number of carbonyl (C=O) groups excluding carboxylic acids is 2. The van der Waals surface area contributed by atoms with Crippen molar-refractivity contribution in [2.45, 2.75) is 32.7 Å². The summed E-state index contributed by atoms with van der Waals surface area (Å²) in [5.41, 5.74) is 3.28. The molecular weight excluding hydrogens is 482 g/mol. The third kappa shape index (κ3) is 5.63. The lowest BCUT2D eigenvalue weighted by Crippen LogP contribution is -2.19. The summed E-state index contributed by atoms with van der Waals surface area (Å²) in [4.78, 5) is 27.1. The van der Waals surface area contributed by atoms with Gasteiger partial charge in [0.05, 0.1) is 25.0 Å². The summed E-state index contributed by atoms with van der Waals surface area (Å²) in [5.74, 6) is -0.867. The van der Waals surface area contributed by atoms with E-state index in [2.05, 4.69) is 26.1 Å². The second-order valence-electron chi connectivity index (χ2n) is 9.11. The number of benzene rings is 2. The molecule has 2 heterocycles. The lowest BCUT2D eigenvalue weighted by atomic mass is 9.92. The molecule has 2 aromatic carbocycles. The number of ether oxygens (including phenoxy) is 1. The van der Waals surface area contributed by atoms with E-state index in [9.17, 15) is 9.59 Å². The fourth-order valence-corrected chi connectivity index (χ4v) is 4.68. The van der Waals surface area contributed by atoms with Gasteiger partial charge in [-0.1, -0.05) is 74.8 Å². The highest BCUT2D eigenvalue weighted by Crippen LogP contribution is 2.36. The molecule has 0 radical (unpaired) electrons. The topological polar surface area (TPSA) is 73.2 Å². The van der Waals surface area contributed by atoms with E-state index in [0.717, 1.165) is 21.7 Å². The number of amides is 1. The number of halogens is 1. The van der Waals surface area contributed by atoms with Gasteiger partial charge < -0.3 is 10.1 Å². The molecule has 2 aromatic heterocycles. The lowest BCUT2D eigenvalue weighted by Gasteiger charge is -2.14. The summed E-state index contributed by atoms with van der Waals surface area (Å²) >= 11 is 7.27. The van der Waals surface area contributed by atoms with Crippen LogP contribution in [0, 0.1) is 0 Å². The van der Waals surface area contributed by atoms with Gasteiger partial charge in [-0.2, -0.15) is 5.10 Å². The van der Waals surface area contributed by atoms with Gasteiger partial charge in [0.15, 0.2) is 0 Å². The fraction of sp³-hybridized carbons (Fsp3) is 0.222. The molecule has 0 saturated carbocycles. The Labute approximate surface area is 213 Å². The van der Waals surface area contributed by atoms with Crippen LogP contribution >= 0.6 is 22.9 Å². The van der Waals surface area contributed by atoms with E-state index < -0.39 is 5.97 Å². The molecule has 0 spiro atoms. The Kier molecular flexibility index (Phi) is 7.10. The Balaban J connectivity index is 1.70. The van der Waals surface area contributed by atoms with Crippen LogP contribution in [0.2, 0.25) is 5.02 Å². The summed E-state index contributed by atoms with van der Waals surface area (Å²) in [7, 11) is 1.32. The molecule has 0 bridgehead atoms. The first-order valence-electron chi connectivity index (χ1n) is 11.1. The predicted octanol–water partition coefficient (Wildman–Crippen LogP) is 6.65. The van der Waals surface area contributed by atoms with Crippen LogP contribution in [0.5, 0.6) is 0 Å². The minimum absolute atomic E-state index is 0.238. The molecule has 35 heavy (non-hydrogen) atoms. The van der Waals surface area contributed by atoms with Crippen molar-refractivity contribution in [1.29, 1.82) is 0 Å². The number of rotatable bonds is 6. The van der Waals surface area contributed by atoms with Crippen LogP contribution < -0.4 is 5.32 Å². The van der Waals surface area contributed by atoms with Crippen LogP contribution in [0.3, 0.4) is 0 Å². The van der Waals surface area contributed by atoms with Crippen LogP contribution in [0.25, 0.3) is 10.4 Å². The van der Waals surface area contributed by atoms with Crippen molar-refractivity contribution in [2.75, 3.05) is 12.4 Å². The molecule has 1 amide bonds. The Morgan fingerprint density at radius 3 is 2.37 bits per heavy atom. The van der Waals surface area contributed by atoms with E-state index in [1.165, 1.54) is 18.4 Å². The van der Waals surface area contributed by atoms with Gasteiger partial charge >= 0.3 is 5.97 Å². The van der Waals surface area contributed by atoms with Crippen LogP contribution in [-0.4, -0.2) is 28.8 Å². The average Bonchev–Trinajstić information content (AvgIpc) is 3.44. The van der Waals surface area contributed by atoms with E-state index in [4.69, 9.17) is 21.4 Å². The van der Waals surface area contributed by atoms with Gasteiger partial charge in [-0.15, -0.1) is 11.3 Å². The summed E-state index contributed by atoms with van der Waals surface area (Å²) in [6.45, 7) is 6.60. The molecule has 0 aliphatic carbocycles. The Bertz CT molecular complexity index is 1350. The van der Waals surface area contributed by atoms with Gasteiger partial charge in [0, 0.05) is 15.3 Å². The molecule has 0 fully saturated rings. The van der Waals surface area contributed by atoms with Crippen molar-refractivity contribution in [3.8, 4) is 10.4 Å². The highest BCUT2D eigenvalue weighted by Gasteiger charge is 2.25. The van der Waals surface area contributed by atoms with Gasteiger partial charge in [0.2, 0.25) is 0 Å². The highest BCUT2D eigenvalue weighted by molar-refractivity contribution is 7.18. The van der Waals surface area contributed by atoms with Crippen molar-refractivity contribution in [2.24, 2.45) is 0 Å². The quantitative estimate of drug-likeness (QED) is 0.296. The number of hydrogen-bond acceptors (Lipinski definition) is 5. The second kappa shape index (κ2) is 10.1. The maximum Gasteiger partial charge on any atom is 0.350 e. The molecule has 0 atom stereocenters. The van der Waals surface area contributed by atoms with Crippen LogP contribution in [0.4, 0.5) is 5.69 Å². The first-order chi connectivity index (χ1) is 16.7. The predicted molar refractivity (Wildman–Crippen MR) is 141 cm³/mol. The third-order valence-corrected chi connectivity index (χ3v) is 6.85. The maximum atomic E-state index is 13.5. The molecule has 0 aliphatic heterocycles. The van der Waals surface area contributed by atoms with E-state index in [0.29, 0.717) is 27.8 Å². The number of aromatic nitrogens is 2. The summed E-state index contributed by atoms with van der Waals surface area (Å²) in [6, 6.07) is 20.7. The summed E-state index contributed by atoms with van der Waals surface area (Å²) in [6.07, 6.45) is 0. The highest BCUT2D eigenvalue weighted by atomic mass is 35.5. The van der Waals surface area contributed by atoms with Crippen molar-refractivity contribution in [1.82, 2.24) is 9.78 Å². The molecule has 1 N–H and O–H groups in total. The molecule has 0 saturated heterocycles. The van der Waals surface area contributed by atoms with Crippen LogP contribution in [0.1, 0.15) is 52.2 Å². The zero-order chi connectivity index (χ0) is 25.2. The maximum absolute atomic E-state index is 13.5. The van der Waals surface area contributed by atoms with Crippen LogP contribution in [0.15, 0.2) is 66.7 Å². The number of carbonyl (C=O) groups is 2. The molecule has 180 valence electrons. The molecule has 4 rings (SSSR count). The minimum atomic E-state index is -0.515. The number of thiophene rings is 1. The molecule has 4 aromatic rings. The second-order valence-corrected chi connectivity index (χ2v) is 10.6. The normalized spacial score (nSPS) is 11.3. The van der Waals surface area contributed by atoms with Gasteiger partial charge in [-0.3, -0.25) is 9.48 Å². The number of hydrogen-bond donors (Lipinski definition) is 1. The Morgan fingerprint density at radius 2 is 1.74 bits per heavy atom. The lowest BCUT2D eigenvalue weighted by molar-refractivity contribution is 0.0607. The molecule has 6 nitrogen and oxygen atoms in total. The van der Waals surface area contributed by atoms with E-state index >= 15 is 0 Å². The average molecular weight is 508 g/mol. The number of anilines is 1. The fourth-order valence-electron chi connectivity index (χ4n) is 3.51. The minimum Gasteiger partial charge on any atom is -0.465 e. The summed E-state index contributed by atoms with van der Waals surface area (Å²) < 4.78 is 6.67. The Hall–Kier alpha value is -3.42. The van der Waals surface area contributed by atoms with E-state index in [-0.39, 0.29) is 11.3 Å².